The van der Waals surface area contributed by atoms with Crippen molar-refractivity contribution in [1.29, 1.82) is 0 Å². The second kappa shape index (κ2) is 3.64. The average Bonchev–Trinajstić information content (AvgIpc) is 2.08. The molecule has 0 aliphatic rings. The summed E-state index contributed by atoms with van der Waals surface area (Å²) < 4.78 is 0.936. The number of terminal acetylenes is 1. The maximum atomic E-state index is 9.19. The molecule has 1 aromatic rings. The lowest BCUT2D eigenvalue weighted by molar-refractivity contribution is 0.474. The summed E-state index contributed by atoms with van der Waals surface area (Å²) in [5.41, 5.74) is 0.942. The Hall–Kier alpha value is -0.940. The fourth-order valence-electron chi connectivity index (χ4n) is 0.953. The van der Waals surface area contributed by atoms with Crippen LogP contribution >= 0.6 is 15.9 Å². The highest BCUT2D eigenvalue weighted by Crippen LogP contribution is 2.27. The van der Waals surface area contributed by atoms with Gasteiger partial charge in [-0.05, 0) is 30.7 Å². The smallest absolute Gasteiger partial charge is 0.115 e. The molecular formula is C10H9BrO. The standard InChI is InChI=1S/C10H9BrO/c1-3-7(2)9-6-8(12)4-5-10(9)11/h1,4-7,12H,2H3. The van der Waals surface area contributed by atoms with Gasteiger partial charge in [0.15, 0.2) is 0 Å². The summed E-state index contributed by atoms with van der Waals surface area (Å²) in [4.78, 5) is 0. The van der Waals surface area contributed by atoms with Gasteiger partial charge in [-0.15, -0.1) is 6.42 Å². The van der Waals surface area contributed by atoms with Crippen molar-refractivity contribution in [3.05, 3.63) is 28.2 Å². The predicted octanol–water partition coefficient (Wildman–Crippen LogP) is 2.89. The van der Waals surface area contributed by atoms with E-state index in [9.17, 15) is 5.11 Å². The zero-order valence-corrected chi connectivity index (χ0v) is 8.30. The molecule has 0 radical (unpaired) electrons. The molecule has 0 heterocycles. The summed E-state index contributed by atoms with van der Waals surface area (Å²) >= 11 is 3.37. The third-order valence-corrected chi connectivity index (χ3v) is 2.42. The first-order valence-corrected chi connectivity index (χ1v) is 4.39. The lowest BCUT2D eigenvalue weighted by atomic mass is 10.0. The van der Waals surface area contributed by atoms with Gasteiger partial charge < -0.3 is 5.11 Å². The molecule has 0 aromatic heterocycles. The largest absolute Gasteiger partial charge is 0.508 e. The number of aromatic hydroxyl groups is 1. The third kappa shape index (κ3) is 1.80. The van der Waals surface area contributed by atoms with Crippen molar-refractivity contribution in [2.45, 2.75) is 12.8 Å². The van der Waals surface area contributed by atoms with Crippen molar-refractivity contribution < 1.29 is 5.11 Å². The molecule has 1 atom stereocenters. The van der Waals surface area contributed by atoms with Gasteiger partial charge in [-0.2, -0.15) is 0 Å². The van der Waals surface area contributed by atoms with Gasteiger partial charge in [0.05, 0.1) is 0 Å². The monoisotopic (exact) mass is 224 g/mol. The fourth-order valence-corrected chi connectivity index (χ4v) is 1.54. The minimum Gasteiger partial charge on any atom is -0.508 e. The number of hydrogen-bond donors (Lipinski definition) is 1. The number of rotatable bonds is 1. The van der Waals surface area contributed by atoms with Crippen LogP contribution in [0.3, 0.4) is 0 Å². The van der Waals surface area contributed by atoms with E-state index in [-0.39, 0.29) is 11.7 Å². The molecule has 0 fully saturated rings. The highest BCUT2D eigenvalue weighted by Gasteiger charge is 2.06. The first-order valence-electron chi connectivity index (χ1n) is 3.59. The van der Waals surface area contributed by atoms with Gasteiger partial charge in [0.1, 0.15) is 5.75 Å². The van der Waals surface area contributed by atoms with Crippen LogP contribution in [0.2, 0.25) is 0 Å². The molecule has 0 spiro atoms. The first-order chi connectivity index (χ1) is 5.65. The van der Waals surface area contributed by atoms with Crippen molar-refractivity contribution in [1.82, 2.24) is 0 Å². The minimum absolute atomic E-state index is 0.0199. The highest BCUT2D eigenvalue weighted by atomic mass is 79.9. The van der Waals surface area contributed by atoms with Crippen LogP contribution in [0.25, 0.3) is 0 Å². The van der Waals surface area contributed by atoms with Crippen LogP contribution in [0.1, 0.15) is 18.4 Å². The van der Waals surface area contributed by atoms with Crippen LogP contribution in [0.5, 0.6) is 5.75 Å². The van der Waals surface area contributed by atoms with E-state index in [1.54, 1.807) is 18.2 Å². The summed E-state index contributed by atoms with van der Waals surface area (Å²) in [5.74, 6) is 2.87. The summed E-state index contributed by atoms with van der Waals surface area (Å²) in [7, 11) is 0. The second-order valence-electron chi connectivity index (χ2n) is 2.59. The topological polar surface area (TPSA) is 20.2 Å². The molecule has 0 saturated heterocycles. The minimum atomic E-state index is 0.0199. The molecule has 1 aromatic carbocycles. The van der Waals surface area contributed by atoms with E-state index in [1.165, 1.54) is 0 Å². The van der Waals surface area contributed by atoms with Crippen molar-refractivity contribution in [3.63, 3.8) is 0 Å². The second-order valence-corrected chi connectivity index (χ2v) is 3.45. The Labute approximate surface area is 80.6 Å². The zero-order valence-electron chi connectivity index (χ0n) is 6.71. The molecule has 1 unspecified atom stereocenters. The van der Waals surface area contributed by atoms with Gasteiger partial charge >= 0.3 is 0 Å². The van der Waals surface area contributed by atoms with E-state index in [0.29, 0.717) is 0 Å². The van der Waals surface area contributed by atoms with Crippen molar-refractivity contribution >= 4 is 15.9 Å². The number of hydrogen-bond acceptors (Lipinski definition) is 1. The molecule has 0 bridgehead atoms. The lowest BCUT2D eigenvalue weighted by Gasteiger charge is -2.07. The van der Waals surface area contributed by atoms with Crippen molar-refractivity contribution in [3.8, 4) is 18.1 Å². The molecule has 1 nitrogen and oxygen atoms in total. The number of halogens is 1. The van der Waals surface area contributed by atoms with E-state index in [1.807, 2.05) is 6.92 Å². The lowest BCUT2D eigenvalue weighted by Crippen LogP contribution is -1.90. The Morgan fingerprint density at radius 2 is 2.25 bits per heavy atom. The normalized spacial score (nSPS) is 12.1. The molecular weight excluding hydrogens is 216 g/mol. The summed E-state index contributed by atoms with van der Waals surface area (Å²) in [5, 5.41) is 9.19. The van der Waals surface area contributed by atoms with Crippen LogP contribution in [0, 0.1) is 12.3 Å². The van der Waals surface area contributed by atoms with Crippen molar-refractivity contribution in [2.75, 3.05) is 0 Å². The van der Waals surface area contributed by atoms with Crippen molar-refractivity contribution in [2.24, 2.45) is 0 Å². The summed E-state index contributed by atoms with van der Waals surface area (Å²) in [6.07, 6.45) is 5.27. The molecule has 2 heteroatoms. The number of phenols is 1. The maximum absolute atomic E-state index is 9.19. The Balaban J connectivity index is 3.15. The molecule has 0 saturated carbocycles. The molecule has 1 rings (SSSR count). The zero-order chi connectivity index (χ0) is 9.14. The predicted molar refractivity (Wildman–Crippen MR) is 53.1 cm³/mol. The maximum Gasteiger partial charge on any atom is 0.115 e. The van der Waals surface area contributed by atoms with E-state index < -0.39 is 0 Å². The van der Waals surface area contributed by atoms with Gasteiger partial charge in [-0.25, -0.2) is 0 Å². The van der Waals surface area contributed by atoms with E-state index >= 15 is 0 Å². The Morgan fingerprint density at radius 1 is 1.58 bits per heavy atom. The summed E-state index contributed by atoms with van der Waals surface area (Å²) in [6, 6.07) is 5.09. The fraction of sp³-hybridized carbons (Fsp3) is 0.200. The van der Waals surface area contributed by atoms with Gasteiger partial charge in [0.25, 0.3) is 0 Å². The Kier molecular flexibility index (Phi) is 2.78. The van der Waals surface area contributed by atoms with Gasteiger partial charge in [-0.1, -0.05) is 21.9 Å². The number of benzene rings is 1. The van der Waals surface area contributed by atoms with Gasteiger partial charge in [0.2, 0.25) is 0 Å². The van der Waals surface area contributed by atoms with E-state index in [2.05, 4.69) is 21.9 Å². The first kappa shape index (κ1) is 9.15. The van der Waals surface area contributed by atoms with E-state index in [0.717, 1.165) is 10.0 Å². The Bertz CT molecular complexity index is 325. The van der Waals surface area contributed by atoms with Crippen LogP contribution in [-0.4, -0.2) is 5.11 Å². The van der Waals surface area contributed by atoms with Gasteiger partial charge in [0, 0.05) is 10.4 Å². The highest BCUT2D eigenvalue weighted by molar-refractivity contribution is 9.10. The summed E-state index contributed by atoms with van der Waals surface area (Å²) in [6.45, 7) is 1.92. The third-order valence-electron chi connectivity index (χ3n) is 1.70. The van der Waals surface area contributed by atoms with Crippen LogP contribution in [0.15, 0.2) is 22.7 Å². The van der Waals surface area contributed by atoms with Crippen LogP contribution < -0.4 is 0 Å². The molecule has 12 heavy (non-hydrogen) atoms. The molecule has 62 valence electrons. The van der Waals surface area contributed by atoms with Gasteiger partial charge in [-0.3, -0.25) is 0 Å². The molecule has 1 N–H and O–H groups in total. The SMILES string of the molecule is C#CC(C)c1cc(O)ccc1Br. The average molecular weight is 225 g/mol. The molecule has 0 aliphatic heterocycles. The van der Waals surface area contributed by atoms with Crippen LogP contribution in [0.4, 0.5) is 0 Å². The quantitative estimate of drug-likeness (QED) is 0.728. The van der Waals surface area contributed by atoms with E-state index in [4.69, 9.17) is 6.42 Å². The molecule has 0 amide bonds. The molecule has 0 aliphatic carbocycles. The Morgan fingerprint density at radius 3 is 2.83 bits per heavy atom. The number of phenolic OH excluding ortho intramolecular Hbond substituents is 1. The van der Waals surface area contributed by atoms with Crippen LogP contribution in [-0.2, 0) is 0 Å².